The first-order valence-corrected chi connectivity index (χ1v) is 11.9. The maximum atomic E-state index is 13.5. The number of carbonyl (C=O) groups is 2. The van der Waals surface area contributed by atoms with Crippen LogP contribution in [0, 0.1) is 6.92 Å². The molecule has 1 aliphatic heterocycles. The van der Waals surface area contributed by atoms with Gasteiger partial charge in [-0.1, -0.05) is 66.4 Å². The smallest absolute Gasteiger partial charge is 0.337 e. The molecular formula is C26H23N5O3S. The predicted octanol–water partition coefficient (Wildman–Crippen LogP) is 4.44. The van der Waals surface area contributed by atoms with E-state index in [-0.39, 0.29) is 5.91 Å². The molecule has 4 aromatic rings. The summed E-state index contributed by atoms with van der Waals surface area (Å²) in [7, 11) is 1.35. The van der Waals surface area contributed by atoms with Crippen molar-refractivity contribution in [2.75, 3.05) is 17.9 Å². The number of hydrogen-bond acceptors (Lipinski definition) is 7. The third kappa shape index (κ3) is 4.63. The summed E-state index contributed by atoms with van der Waals surface area (Å²) in [4.78, 5) is 25.4. The van der Waals surface area contributed by atoms with Crippen molar-refractivity contribution < 1.29 is 14.3 Å². The highest BCUT2D eigenvalue weighted by Crippen LogP contribution is 2.39. The molecule has 0 saturated carbocycles. The molecule has 0 bridgehead atoms. The van der Waals surface area contributed by atoms with Crippen LogP contribution in [0.1, 0.15) is 27.5 Å². The quantitative estimate of drug-likeness (QED) is 0.403. The molecule has 0 aliphatic carbocycles. The zero-order chi connectivity index (χ0) is 24.4. The lowest BCUT2D eigenvalue weighted by Gasteiger charge is -2.33. The standard InChI is InChI=1S/C26H23N5O3S/c1-16-7-6-10-20(15-16)27-24(32)22-21(17-11-13-19(14-12-17)25(33)34-2)30-31-23(28-29-26(31)35-22)18-8-4-3-5-9-18/h3-15,21-22,30H,1-2H3,(H,27,32)/t21-,22-/m1/s1. The first-order chi connectivity index (χ1) is 17.0. The summed E-state index contributed by atoms with van der Waals surface area (Å²) in [6.45, 7) is 1.98. The third-order valence-electron chi connectivity index (χ3n) is 5.70. The second-order valence-electron chi connectivity index (χ2n) is 8.13. The van der Waals surface area contributed by atoms with E-state index in [2.05, 4.69) is 20.9 Å². The number of esters is 1. The molecule has 0 radical (unpaired) electrons. The van der Waals surface area contributed by atoms with Gasteiger partial charge in [0.25, 0.3) is 0 Å². The molecule has 2 heterocycles. The van der Waals surface area contributed by atoms with Crippen LogP contribution in [0.3, 0.4) is 0 Å². The lowest BCUT2D eigenvalue weighted by Crippen LogP contribution is -2.41. The SMILES string of the molecule is COC(=O)c1ccc([C@H]2Nn3c(nnc3-c3ccccc3)S[C@H]2C(=O)Nc2cccc(C)c2)cc1. The van der Waals surface area contributed by atoms with Crippen molar-refractivity contribution in [2.45, 2.75) is 23.4 Å². The van der Waals surface area contributed by atoms with Gasteiger partial charge in [0, 0.05) is 11.3 Å². The summed E-state index contributed by atoms with van der Waals surface area (Å²) in [6.07, 6.45) is 0. The van der Waals surface area contributed by atoms with E-state index < -0.39 is 17.3 Å². The van der Waals surface area contributed by atoms with Gasteiger partial charge in [-0.25, -0.2) is 9.47 Å². The molecule has 3 aromatic carbocycles. The topological polar surface area (TPSA) is 98.1 Å². The third-order valence-corrected chi connectivity index (χ3v) is 6.92. The summed E-state index contributed by atoms with van der Waals surface area (Å²) in [5.41, 5.74) is 7.41. The molecule has 176 valence electrons. The van der Waals surface area contributed by atoms with Gasteiger partial charge in [0.15, 0.2) is 5.82 Å². The fourth-order valence-electron chi connectivity index (χ4n) is 3.96. The summed E-state index contributed by atoms with van der Waals surface area (Å²) >= 11 is 1.35. The lowest BCUT2D eigenvalue weighted by molar-refractivity contribution is -0.116. The van der Waals surface area contributed by atoms with Crippen LogP contribution in [0.2, 0.25) is 0 Å². The van der Waals surface area contributed by atoms with E-state index in [4.69, 9.17) is 4.74 Å². The highest BCUT2D eigenvalue weighted by Gasteiger charge is 2.38. The maximum absolute atomic E-state index is 13.5. The molecule has 0 fully saturated rings. The summed E-state index contributed by atoms with van der Waals surface area (Å²) in [5, 5.41) is 11.8. The van der Waals surface area contributed by atoms with Crippen molar-refractivity contribution in [3.63, 3.8) is 0 Å². The molecule has 2 atom stereocenters. The lowest BCUT2D eigenvalue weighted by atomic mass is 10.0. The molecule has 0 unspecified atom stereocenters. The number of benzene rings is 3. The van der Waals surface area contributed by atoms with Crippen molar-refractivity contribution in [2.24, 2.45) is 0 Å². The van der Waals surface area contributed by atoms with E-state index in [1.165, 1.54) is 18.9 Å². The van der Waals surface area contributed by atoms with E-state index in [1.807, 2.05) is 78.3 Å². The molecular weight excluding hydrogens is 462 g/mol. The molecule has 0 saturated heterocycles. The zero-order valence-electron chi connectivity index (χ0n) is 19.1. The van der Waals surface area contributed by atoms with Gasteiger partial charge in [-0.3, -0.25) is 4.79 Å². The molecule has 0 spiro atoms. The number of rotatable bonds is 5. The molecule has 5 rings (SSSR count). The van der Waals surface area contributed by atoms with Gasteiger partial charge in [0.2, 0.25) is 11.1 Å². The predicted molar refractivity (Wildman–Crippen MR) is 135 cm³/mol. The van der Waals surface area contributed by atoms with E-state index in [9.17, 15) is 9.59 Å². The van der Waals surface area contributed by atoms with Gasteiger partial charge < -0.3 is 15.5 Å². The average Bonchev–Trinajstić information content (AvgIpc) is 3.31. The fourth-order valence-corrected chi connectivity index (χ4v) is 5.04. The monoisotopic (exact) mass is 485 g/mol. The van der Waals surface area contributed by atoms with Crippen molar-refractivity contribution in [3.05, 3.63) is 95.6 Å². The van der Waals surface area contributed by atoms with E-state index >= 15 is 0 Å². The van der Waals surface area contributed by atoms with Gasteiger partial charge in [-0.05, 0) is 42.3 Å². The van der Waals surface area contributed by atoms with Crippen molar-refractivity contribution >= 4 is 29.3 Å². The van der Waals surface area contributed by atoms with Gasteiger partial charge in [-0.15, -0.1) is 10.2 Å². The Bertz CT molecular complexity index is 1370. The number of nitrogens with one attached hydrogen (secondary N) is 2. The Hall–Kier alpha value is -4.11. The van der Waals surface area contributed by atoms with E-state index in [0.717, 1.165) is 22.4 Å². The number of ether oxygens (including phenoxy) is 1. The number of thioether (sulfide) groups is 1. The largest absolute Gasteiger partial charge is 0.465 e. The second kappa shape index (κ2) is 9.63. The molecule has 9 heteroatoms. The maximum Gasteiger partial charge on any atom is 0.337 e. The van der Waals surface area contributed by atoms with Crippen LogP contribution in [-0.4, -0.2) is 39.1 Å². The number of aromatic nitrogens is 3. The summed E-state index contributed by atoms with van der Waals surface area (Å²) in [6, 6.07) is 24.0. The van der Waals surface area contributed by atoms with Crippen LogP contribution in [0.5, 0.6) is 0 Å². The van der Waals surface area contributed by atoms with Crippen LogP contribution in [0.4, 0.5) is 5.69 Å². The van der Waals surface area contributed by atoms with Gasteiger partial charge in [0.1, 0.15) is 5.25 Å². The van der Waals surface area contributed by atoms with Gasteiger partial charge in [-0.2, -0.15) is 0 Å². The Morgan fingerprint density at radius 3 is 2.49 bits per heavy atom. The number of amides is 1. The molecule has 35 heavy (non-hydrogen) atoms. The van der Waals surface area contributed by atoms with Crippen molar-refractivity contribution in [3.8, 4) is 11.4 Å². The number of nitrogens with zero attached hydrogens (tertiary/aromatic N) is 3. The first kappa shape index (κ1) is 22.7. The average molecular weight is 486 g/mol. The summed E-state index contributed by atoms with van der Waals surface area (Å²) < 4.78 is 6.63. The minimum absolute atomic E-state index is 0.161. The van der Waals surface area contributed by atoms with Crippen molar-refractivity contribution in [1.82, 2.24) is 14.9 Å². The van der Waals surface area contributed by atoms with E-state index in [1.54, 1.807) is 12.1 Å². The number of hydrogen-bond donors (Lipinski definition) is 2. The Morgan fingerprint density at radius 1 is 1.00 bits per heavy atom. The molecule has 8 nitrogen and oxygen atoms in total. The highest BCUT2D eigenvalue weighted by atomic mass is 32.2. The number of anilines is 1. The van der Waals surface area contributed by atoms with Gasteiger partial charge >= 0.3 is 5.97 Å². The van der Waals surface area contributed by atoms with Crippen LogP contribution >= 0.6 is 11.8 Å². The summed E-state index contributed by atoms with van der Waals surface area (Å²) in [5.74, 6) is 0.0798. The van der Waals surface area contributed by atoms with Crippen molar-refractivity contribution in [1.29, 1.82) is 0 Å². The zero-order valence-corrected chi connectivity index (χ0v) is 20.0. The Balaban J connectivity index is 1.51. The van der Waals surface area contributed by atoms with Crippen LogP contribution in [-0.2, 0) is 9.53 Å². The second-order valence-corrected chi connectivity index (χ2v) is 9.23. The van der Waals surface area contributed by atoms with Crippen LogP contribution in [0.25, 0.3) is 11.4 Å². The highest BCUT2D eigenvalue weighted by molar-refractivity contribution is 8.00. The molecule has 1 aliphatic rings. The number of aryl methyl sites for hydroxylation is 1. The molecule has 1 amide bonds. The minimum atomic E-state index is -0.542. The number of methoxy groups -OCH3 is 1. The fraction of sp³-hybridized carbons (Fsp3) is 0.154. The molecule has 1 aromatic heterocycles. The van der Waals surface area contributed by atoms with E-state index in [0.29, 0.717) is 16.5 Å². The Kier molecular flexibility index (Phi) is 6.24. The number of carbonyl (C=O) groups excluding carboxylic acids is 2. The Labute approximate surface area is 206 Å². The number of fused-ring (bicyclic) bond motifs is 1. The van der Waals surface area contributed by atoms with Gasteiger partial charge in [0.05, 0.1) is 18.7 Å². The normalized spacial score (nSPS) is 16.6. The first-order valence-electron chi connectivity index (χ1n) is 11.0. The van der Waals surface area contributed by atoms with Crippen LogP contribution < -0.4 is 10.7 Å². The Morgan fingerprint density at radius 2 is 1.77 bits per heavy atom. The van der Waals surface area contributed by atoms with Crippen LogP contribution in [0.15, 0.2) is 84.0 Å². The molecule has 2 N–H and O–H groups in total. The minimum Gasteiger partial charge on any atom is -0.465 e.